The zero-order valence-electron chi connectivity index (χ0n) is 10.2. The van der Waals surface area contributed by atoms with Gasteiger partial charge >= 0.3 is 0 Å². The summed E-state index contributed by atoms with van der Waals surface area (Å²) in [6, 6.07) is 8.44. The van der Waals surface area contributed by atoms with E-state index >= 15 is 0 Å². The Morgan fingerprint density at radius 2 is 2.00 bits per heavy atom. The first kappa shape index (κ1) is 11.4. The molecular formula is C13H19NOSi. The van der Waals surface area contributed by atoms with Gasteiger partial charge in [0.1, 0.15) is 14.0 Å². The van der Waals surface area contributed by atoms with Crippen LogP contribution in [0.1, 0.15) is 23.6 Å². The molecule has 1 unspecified atom stereocenters. The molecule has 0 bridgehead atoms. The van der Waals surface area contributed by atoms with Gasteiger partial charge in [0.15, 0.2) is 0 Å². The van der Waals surface area contributed by atoms with Gasteiger partial charge in [0, 0.05) is 5.54 Å². The van der Waals surface area contributed by atoms with Crippen LogP contribution in [-0.4, -0.2) is 14.8 Å². The number of nitrogens with two attached hydrogens (primary N) is 1. The van der Waals surface area contributed by atoms with E-state index in [2.05, 4.69) is 43.4 Å². The Morgan fingerprint density at radius 3 is 2.62 bits per heavy atom. The van der Waals surface area contributed by atoms with Crippen LogP contribution in [0.2, 0.25) is 13.1 Å². The Balaban J connectivity index is 2.44. The standard InChI is InChI=1S/C13H19NOSi/c1-4-15-12-9-10-7-5-6-8-11(10)13(12)16(2,3)14/h5-9,13H,4,14H2,1-3H3. The van der Waals surface area contributed by atoms with E-state index in [1.165, 1.54) is 11.1 Å². The van der Waals surface area contributed by atoms with Crippen molar-refractivity contribution in [2.24, 2.45) is 5.40 Å². The molecule has 2 nitrogen and oxygen atoms in total. The summed E-state index contributed by atoms with van der Waals surface area (Å²) in [6.45, 7) is 7.10. The Morgan fingerprint density at radius 1 is 1.31 bits per heavy atom. The predicted molar refractivity (Wildman–Crippen MR) is 70.5 cm³/mol. The average molecular weight is 233 g/mol. The molecule has 2 rings (SSSR count). The number of allylic oxidation sites excluding steroid dienone is 1. The van der Waals surface area contributed by atoms with Crippen LogP contribution in [0.5, 0.6) is 0 Å². The number of hydrogen-bond acceptors (Lipinski definition) is 2. The van der Waals surface area contributed by atoms with Crippen LogP contribution < -0.4 is 5.40 Å². The van der Waals surface area contributed by atoms with Gasteiger partial charge in [0.05, 0.1) is 6.61 Å². The molecule has 1 atom stereocenters. The number of rotatable bonds is 3. The predicted octanol–water partition coefficient (Wildman–Crippen LogP) is 2.86. The zero-order valence-corrected chi connectivity index (χ0v) is 11.2. The summed E-state index contributed by atoms with van der Waals surface area (Å²) in [5.41, 5.74) is 2.91. The fraction of sp³-hybridized carbons (Fsp3) is 0.385. The van der Waals surface area contributed by atoms with E-state index in [4.69, 9.17) is 10.1 Å². The molecule has 2 N–H and O–H groups in total. The number of benzene rings is 1. The van der Waals surface area contributed by atoms with Gasteiger partial charge < -0.3 is 10.1 Å². The van der Waals surface area contributed by atoms with E-state index in [0.717, 1.165) is 5.76 Å². The number of hydrogen-bond donors (Lipinski definition) is 1. The Labute approximate surface area is 98.2 Å². The zero-order chi connectivity index (χ0) is 11.8. The summed E-state index contributed by atoms with van der Waals surface area (Å²) >= 11 is 0. The lowest BCUT2D eigenvalue weighted by Crippen LogP contribution is -2.46. The van der Waals surface area contributed by atoms with E-state index < -0.39 is 8.24 Å². The fourth-order valence-corrected chi connectivity index (χ4v) is 4.32. The smallest absolute Gasteiger partial charge is 0.132 e. The number of ether oxygens (including phenoxy) is 1. The summed E-state index contributed by atoms with van der Waals surface area (Å²) in [7, 11) is -1.77. The molecule has 1 aliphatic carbocycles. The third-order valence-electron chi connectivity index (χ3n) is 2.94. The molecule has 1 aromatic carbocycles. The van der Waals surface area contributed by atoms with Gasteiger partial charge in [0.25, 0.3) is 0 Å². The Hall–Kier alpha value is -1.06. The molecule has 0 spiro atoms. The van der Waals surface area contributed by atoms with Crippen molar-refractivity contribution >= 4 is 14.3 Å². The normalized spacial score (nSPS) is 19.2. The maximum atomic E-state index is 6.39. The minimum Gasteiger partial charge on any atom is -0.498 e. The Bertz CT molecular complexity index is 420. The second kappa shape index (κ2) is 4.07. The van der Waals surface area contributed by atoms with Crippen molar-refractivity contribution in [2.45, 2.75) is 25.6 Å². The maximum Gasteiger partial charge on any atom is 0.132 e. The quantitative estimate of drug-likeness (QED) is 0.815. The summed E-state index contributed by atoms with van der Waals surface area (Å²) < 4.78 is 5.74. The van der Waals surface area contributed by atoms with Crippen molar-refractivity contribution in [3.63, 3.8) is 0 Å². The summed E-state index contributed by atoms with van der Waals surface area (Å²) in [4.78, 5) is 0. The van der Waals surface area contributed by atoms with E-state index in [-0.39, 0.29) is 0 Å². The highest BCUT2D eigenvalue weighted by Crippen LogP contribution is 2.40. The lowest BCUT2D eigenvalue weighted by Gasteiger charge is -2.27. The largest absolute Gasteiger partial charge is 0.498 e. The molecule has 86 valence electrons. The van der Waals surface area contributed by atoms with Crippen LogP contribution in [0, 0.1) is 0 Å². The van der Waals surface area contributed by atoms with Crippen molar-refractivity contribution in [1.29, 1.82) is 0 Å². The highest BCUT2D eigenvalue weighted by molar-refractivity contribution is 6.76. The van der Waals surface area contributed by atoms with Crippen LogP contribution in [0.15, 0.2) is 30.0 Å². The third-order valence-corrected chi connectivity index (χ3v) is 5.03. The van der Waals surface area contributed by atoms with Crippen molar-refractivity contribution in [3.8, 4) is 0 Å². The average Bonchev–Trinajstić information content (AvgIpc) is 2.55. The first-order valence-corrected chi connectivity index (χ1v) is 8.91. The van der Waals surface area contributed by atoms with Gasteiger partial charge in [-0.25, -0.2) is 0 Å². The van der Waals surface area contributed by atoms with Crippen molar-refractivity contribution in [3.05, 3.63) is 41.2 Å². The van der Waals surface area contributed by atoms with Gasteiger partial charge in [-0.1, -0.05) is 37.4 Å². The van der Waals surface area contributed by atoms with Gasteiger partial charge in [-0.2, -0.15) is 0 Å². The van der Waals surface area contributed by atoms with E-state index in [9.17, 15) is 0 Å². The molecule has 0 radical (unpaired) electrons. The molecule has 16 heavy (non-hydrogen) atoms. The van der Waals surface area contributed by atoms with Gasteiger partial charge in [-0.15, -0.1) is 0 Å². The third kappa shape index (κ3) is 1.93. The van der Waals surface area contributed by atoms with Crippen LogP contribution in [-0.2, 0) is 4.74 Å². The van der Waals surface area contributed by atoms with Crippen molar-refractivity contribution in [2.75, 3.05) is 6.61 Å². The molecule has 0 aliphatic heterocycles. The maximum absolute atomic E-state index is 6.39. The molecule has 0 heterocycles. The lowest BCUT2D eigenvalue weighted by atomic mass is 10.1. The minimum absolute atomic E-state index is 0.309. The molecule has 1 aromatic rings. The highest BCUT2D eigenvalue weighted by atomic mass is 28.3. The SMILES string of the molecule is CCOC1=Cc2ccccc2C1[Si](C)(C)N. The Kier molecular flexibility index (Phi) is 2.91. The molecule has 0 saturated heterocycles. The second-order valence-corrected chi connectivity index (χ2v) is 9.08. The van der Waals surface area contributed by atoms with E-state index in [1.807, 2.05) is 6.92 Å². The first-order chi connectivity index (χ1) is 7.54. The molecule has 0 saturated carbocycles. The highest BCUT2D eigenvalue weighted by Gasteiger charge is 2.38. The monoisotopic (exact) mass is 233 g/mol. The van der Waals surface area contributed by atoms with Crippen LogP contribution >= 0.6 is 0 Å². The molecule has 3 heteroatoms. The minimum atomic E-state index is -1.77. The second-order valence-electron chi connectivity index (χ2n) is 4.86. The summed E-state index contributed by atoms with van der Waals surface area (Å²) in [6.07, 6.45) is 2.14. The molecule has 0 aromatic heterocycles. The number of fused-ring (bicyclic) bond motifs is 1. The molecule has 0 fully saturated rings. The summed E-state index contributed by atoms with van der Waals surface area (Å²) in [5.74, 6) is 1.06. The van der Waals surface area contributed by atoms with Crippen LogP contribution in [0.4, 0.5) is 0 Å². The summed E-state index contributed by atoms with van der Waals surface area (Å²) in [5, 5.41) is 6.39. The van der Waals surface area contributed by atoms with Gasteiger partial charge in [-0.3, -0.25) is 0 Å². The van der Waals surface area contributed by atoms with Crippen LogP contribution in [0.3, 0.4) is 0 Å². The molecule has 1 aliphatic rings. The van der Waals surface area contributed by atoms with Gasteiger partial charge in [0.2, 0.25) is 0 Å². The van der Waals surface area contributed by atoms with Crippen molar-refractivity contribution in [1.82, 2.24) is 0 Å². The lowest BCUT2D eigenvalue weighted by molar-refractivity contribution is 0.224. The van der Waals surface area contributed by atoms with Gasteiger partial charge in [-0.05, 0) is 24.1 Å². The molecular weight excluding hydrogens is 214 g/mol. The van der Waals surface area contributed by atoms with Crippen molar-refractivity contribution < 1.29 is 4.74 Å². The topological polar surface area (TPSA) is 35.2 Å². The molecule has 0 amide bonds. The van der Waals surface area contributed by atoms with E-state index in [1.54, 1.807) is 0 Å². The van der Waals surface area contributed by atoms with Crippen LogP contribution in [0.25, 0.3) is 6.08 Å². The first-order valence-electron chi connectivity index (χ1n) is 5.76. The van der Waals surface area contributed by atoms with E-state index in [0.29, 0.717) is 12.1 Å². The fourth-order valence-electron chi connectivity index (χ4n) is 2.35.